The quantitative estimate of drug-likeness (QED) is 0.692. The van der Waals surface area contributed by atoms with E-state index in [2.05, 4.69) is 68.5 Å². The van der Waals surface area contributed by atoms with Crippen molar-refractivity contribution in [3.8, 4) is 0 Å². The average Bonchev–Trinajstić information content (AvgIpc) is 2.82. The first-order valence-electron chi connectivity index (χ1n) is 6.63. The predicted octanol–water partition coefficient (Wildman–Crippen LogP) is 4.91. The minimum atomic E-state index is 0.575. The van der Waals surface area contributed by atoms with Gasteiger partial charge in [0.1, 0.15) is 0 Å². The number of rotatable bonds is 2. The summed E-state index contributed by atoms with van der Waals surface area (Å²) >= 11 is 0. The number of benzene rings is 2. The predicted molar refractivity (Wildman–Crippen MR) is 78.5 cm³/mol. The minimum Gasteiger partial charge on any atom is -0.0619 e. The smallest absolute Gasteiger partial charge is 0.00136 e. The lowest BCUT2D eigenvalue weighted by Gasteiger charge is -2.13. The van der Waals surface area contributed by atoms with Crippen LogP contribution in [0.4, 0.5) is 0 Å². The molecule has 2 aromatic carbocycles. The molecule has 0 saturated heterocycles. The zero-order valence-corrected chi connectivity index (χ0v) is 11.0. The molecule has 0 spiro atoms. The van der Waals surface area contributed by atoms with Crippen LogP contribution in [-0.2, 0) is 6.42 Å². The molecule has 1 aliphatic rings. The van der Waals surface area contributed by atoms with Crippen LogP contribution < -0.4 is 0 Å². The third-order valence-electron chi connectivity index (χ3n) is 3.69. The molecule has 1 aliphatic carbocycles. The first-order valence-corrected chi connectivity index (χ1v) is 6.63. The summed E-state index contributed by atoms with van der Waals surface area (Å²) in [6.07, 6.45) is 3.41. The zero-order chi connectivity index (χ0) is 12.5. The molecule has 0 aliphatic heterocycles. The Balaban J connectivity index is 2.05. The van der Waals surface area contributed by atoms with Gasteiger partial charge in [0, 0.05) is 0 Å². The van der Waals surface area contributed by atoms with Crippen molar-refractivity contribution in [2.45, 2.75) is 26.2 Å². The van der Waals surface area contributed by atoms with Crippen molar-refractivity contribution in [2.75, 3.05) is 0 Å². The van der Waals surface area contributed by atoms with Crippen molar-refractivity contribution in [2.24, 2.45) is 0 Å². The van der Waals surface area contributed by atoms with Crippen LogP contribution in [0, 0.1) is 0 Å². The Bertz CT molecular complexity index is 603. The molecular weight excluding hydrogens is 216 g/mol. The molecule has 0 fully saturated rings. The standard InChI is InChI=1S/C18H18/c1-13(2)17-9-5-6-10-18(17)16-11-14-7-3-4-8-15(14)12-16/h3-11,13H,12H2,1-2H3. The van der Waals surface area contributed by atoms with Gasteiger partial charge in [-0.25, -0.2) is 0 Å². The largest absolute Gasteiger partial charge is 0.0619 e. The van der Waals surface area contributed by atoms with Gasteiger partial charge in [0.15, 0.2) is 0 Å². The lowest BCUT2D eigenvalue weighted by atomic mass is 9.92. The molecular formula is C18H18. The molecule has 0 N–H and O–H groups in total. The van der Waals surface area contributed by atoms with Crippen LogP contribution in [0.1, 0.15) is 42.0 Å². The third-order valence-corrected chi connectivity index (χ3v) is 3.69. The van der Waals surface area contributed by atoms with Crippen LogP contribution in [-0.4, -0.2) is 0 Å². The van der Waals surface area contributed by atoms with Gasteiger partial charge < -0.3 is 0 Å². The highest BCUT2D eigenvalue weighted by Crippen LogP contribution is 2.34. The maximum atomic E-state index is 2.34. The van der Waals surface area contributed by atoms with E-state index < -0.39 is 0 Å². The van der Waals surface area contributed by atoms with E-state index >= 15 is 0 Å². The summed E-state index contributed by atoms with van der Waals surface area (Å²) in [5, 5.41) is 0. The summed E-state index contributed by atoms with van der Waals surface area (Å²) in [5.41, 5.74) is 7.16. The summed E-state index contributed by atoms with van der Waals surface area (Å²) < 4.78 is 0. The van der Waals surface area contributed by atoms with E-state index in [1.54, 1.807) is 0 Å². The van der Waals surface area contributed by atoms with Crippen molar-refractivity contribution < 1.29 is 0 Å². The molecule has 0 heterocycles. The fourth-order valence-electron chi connectivity index (χ4n) is 2.75. The fraction of sp³-hybridized carbons (Fsp3) is 0.222. The topological polar surface area (TPSA) is 0 Å². The van der Waals surface area contributed by atoms with E-state index in [9.17, 15) is 0 Å². The molecule has 0 amide bonds. The van der Waals surface area contributed by atoms with Gasteiger partial charge in [-0.05, 0) is 40.2 Å². The van der Waals surface area contributed by atoms with Crippen LogP contribution in [0.15, 0.2) is 48.5 Å². The molecule has 0 bridgehead atoms. The van der Waals surface area contributed by atoms with Crippen LogP contribution in [0.3, 0.4) is 0 Å². The second-order valence-electron chi connectivity index (χ2n) is 5.29. The molecule has 0 saturated carbocycles. The lowest BCUT2D eigenvalue weighted by molar-refractivity contribution is 0.862. The highest BCUT2D eigenvalue weighted by atomic mass is 14.2. The number of hydrogen-bond donors (Lipinski definition) is 0. The lowest BCUT2D eigenvalue weighted by Crippen LogP contribution is -1.95. The summed E-state index contributed by atoms with van der Waals surface area (Å²) in [6, 6.07) is 17.5. The van der Waals surface area contributed by atoms with Crippen molar-refractivity contribution in [3.63, 3.8) is 0 Å². The molecule has 0 unspecified atom stereocenters. The maximum Gasteiger partial charge on any atom is -0.00136 e. The molecule has 2 aromatic rings. The highest BCUT2D eigenvalue weighted by molar-refractivity contribution is 5.89. The Morgan fingerprint density at radius 1 is 0.889 bits per heavy atom. The monoisotopic (exact) mass is 234 g/mol. The van der Waals surface area contributed by atoms with Crippen LogP contribution in [0.5, 0.6) is 0 Å². The van der Waals surface area contributed by atoms with E-state index in [1.165, 1.54) is 27.8 Å². The molecule has 0 nitrogen and oxygen atoms in total. The van der Waals surface area contributed by atoms with E-state index in [-0.39, 0.29) is 0 Å². The number of fused-ring (bicyclic) bond motifs is 1. The summed E-state index contributed by atoms with van der Waals surface area (Å²) in [4.78, 5) is 0. The molecule has 18 heavy (non-hydrogen) atoms. The Morgan fingerprint density at radius 2 is 1.61 bits per heavy atom. The minimum absolute atomic E-state index is 0.575. The summed E-state index contributed by atoms with van der Waals surface area (Å²) in [6.45, 7) is 4.53. The second-order valence-corrected chi connectivity index (χ2v) is 5.29. The molecule has 0 radical (unpaired) electrons. The van der Waals surface area contributed by atoms with Gasteiger partial charge in [-0.15, -0.1) is 0 Å². The van der Waals surface area contributed by atoms with Gasteiger partial charge in [0.05, 0.1) is 0 Å². The van der Waals surface area contributed by atoms with Crippen molar-refractivity contribution in [3.05, 3.63) is 70.8 Å². The van der Waals surface area contributed by atoms with E-state index in [4.69, 9.17) is 0 Å². The van der Waals surface area contributed by atoms with Crippen LogP contribution in [0.2, 0.25) is 0 Å². The SMILES string of the molecule is CC(C)c1ccccc1C1=Cc2ccccc2C1. The summed E-state index contributed by atoms with van der Waals surface area (Å²) in [7, 11) is 0. The zero-order valence-electron chi connectivity index (χ0n) is 11.0. The first kappa shape index (κ1) is 11.3. The van der Waals surface area contributed by atoms with Crippen LogP contribution >= 0.6 is 0 Å². The normalized spacial score (nSPS) is 13.6. The maximum absolute atomic E-state index is 2.34. The molecule has 0 heteroatoms. The van der Waals surface area contributed by atoms with Crippen molar-refractivity contribution in [1.29, 1.82) is 0 Å². The third kappa shape index (κ3) is 1.88. The van der Waals surface area contributed by atoms with Crippen molar-refractivity contribution >= 4 is 11.6 Å². The Morgan fingerprint density at radius 3 is 2.39 bits per heavy atom. The Kier molecular flexibility index (Phi) is 2.79. The van der Waals surface area contributed by atoms with Gasteiger partial charge >= 0.3 is 0 Å². The van der Waals surface area contributed by atoms with Gasteiger partial charge in [0.2, 0.25) is 0 Å². The molecule has 3 rings (SSSR count). The first-order chi connectivity index (χ1) is 8.75. The van der Waals surface area contributed by atoms with E-state index in [0.29, 0.717) is 5.92 Å². The number of allylic oxidation sites excluding steroid dienone is 1. The van der Waals surface area contributed by atoms with Gasteiger partial charge in [-0.3, -0.25) is 0 Å². The van der Waals surface area contributed by atoms with Gasteiger partial charge in [-0.2, -0.15) is 0 Å². The van der Waals surface area contributed by atoms with Gasteiger partial charge in [0.25, 0.3) is 0 Å². The van der Waals surface area contributed by atoms with E-state index in [1.807, 2.05) is 0 Å². The van der Waals surface area contributed by atoms with E-state index in [0.717, 1.165) is 6.42 Å². The second kappa shape index (κ2) is 4.45. The Labute approximate surface area is 109 Å². The summed E-state index contributed by atoms with van der Waals surface area (Å²) in [5.74, 6) is 0.575. The van der Waals surface area contributed by atoms with Gasteiger partial charge in [-0.1, -0.05) is 68.5 Å². The fourth-order valence-corrected chi connectivity index (χ4v) is 2.75. The number of hydrogen-bond acceptors (Lipinski definition) is 0. The molecule has 0 aromatic heterocycles. The molecule has 0 atom stereocenters. The average molecular weight is 234 g/mol. The molecule has 90 valence electrons. The highest BCUT2D eigenvalue weighted by Gasteiger charge is 2.16. The van der Waals surface area contributed by atoms with Crippen LogP contribution in [0.25, 0.3) is 11.6 Å². The Hall–Kier alpha value is -1.82. The van der Waals surface area contributed by atoms with Crippen molar-refractivity contribution in [1.82, 2.24) is 0 Å².